The molecule has 4 fully saturated rings. The summed E-state index contributed by atoms with van der Waals surface area (Å²) in [7, 11) is 0. The van der Waals surface area contributed by atoms with Gasteiger partial charge in [-0.25, -0.2) is 13.2 Å². The number of aryl methyl sites for hydroxylation is 2. The minimum Gasteiger partial charge on any atom is -0.206 e. The molecule has 4 aliphatic rings. The molecular formula is C52H65F3. The molecule has 8 rings (SSSR count). The van der Waals surface area contributed by atoms with Crippen molar-refractivity contribution in [3.8, 4) is 22.3 Å². The molecule has 4 aliphatic carbocycles. The molecule has 0 amide bonds. The first-order valence-corrected chi connectivity index (χ1v) is 22.0. The van der Waals surface area contributed by atoms with Crippen molar-refractivity contribution in [1.82, 2.24) is 0 Å². The van der Waals surface area contributed by atoms with Gasteiger partial charge in [0.1, 0.15) is 17.5 Å². The van der Waals surface area contributed by atoms with Gasteiger partial charge >= 0.3 is 0 Å². The van der Waals surface area contributed by atoms with Gasteiger partial charge in [0, 0.05) is 5.56 Å². The van der Waals surface area contributed by atoms with Gasteiger partial charge in [-0.3, -0.25) is 0 Å². The summed E-state index contributed by atoms with van der Waals surface area (Å²) in [6.07, 6.45) is 21.0. The molecule has 0 saturated heterocycles. The van der Waals surface area contributed by atoms with E-state index in [9.17, 15) is 13.2 Å². The van der Waals surface area contributed by atoms with E-state index in [1.807, 2.05) is 43.3 Å². The van der Waals surface area contributed by atoms with E-state index in [4.69, 9.17) is 0 Å². The predicted octanol–water partition coefficient (Wildman–Crippen LogP) is 15.9. The first kappa shape index (κ1) is 39.9. The second-order valence-electron chi connectivity index (χ2n) is 18.6. The quantitative estimate of drug-likeness (QED) is 0.184. The average Bonchev–Trinajstić information content (AvgIpc) is 3.20. The molecule has 0 atom stereocenters. The van der Waals surface area contributed by atoms with Crippen molar-refractivity contribution in [2.24, 2.45) is 35.5 Å². The van der Waals surface area contributed by atoms with Crippen LogP contribution in [-0.4, -0.2) is 0 Å². The molecule has 0 heterocycles. The predicted molar refractivity (Wildman–Crippen MR) is 225 cm³/mol. The van der Waals surface area contributed by atoms with Crippen LogP contribution in [0.25, 0.3) is 22.3 Å². The zero-order chi connectivity index (χ0) is 38.5. The lowest BCUT2D eigenvalue weighted by Gasteiger charge is -2.37. The molecular weight excluding hydrogens is 682 g/mol. The minimum atomic E-state index is -0.428. The van der Waals surface area contributed by atoms with Crippen LogP contribution in [0, 0.1) is 66.8 Å². The fourth-order valence-electron chi connectivity index (χ4n) is 10.9. The van der Waals surface area contributed by atoms with Gasteiger partial charge < -0.3 is 0 Å². The molecule has 0 N–H and O–H groups in total. The van der Waals surface area contributed by atoms with E-state index >= 15 is 0 Å². The molecule has 0 spiro atoms. The third kappa shape index (κ3) is 9.98. The van der Waals surface area contributed by atoms with E-state index in [1.165, 1.54) is 101 Å². The molecule has 0 aliphatic heterocycles. The maximum Gasteiger partial charge on any atom is 0.134 e. The fourth-order valence-corrected chi connectivity index (χ4v) is 10.9. The summed E-state index contributed by atoms with van der Waals surface area (Å²) in [6, 6.07) is 24.7. The van der Waals surface area contributed by atoms with Crippen molar-refractivity contribution in [1.29, 1.82) is 0 Å². The highest BCUT2D eigenvalue weighted by atomic mass is 19.1. The van der Waals surface area contributed by atoms with E-state index in [1.54, 1.807) is 24.3 Å². The average molecular weight is 747 g/mol. The van der Waals surface area contributed by atoms with Gasteiger partial charge in [0.25, 0.3) is 0 Å². The number of benzene rings is 4. The third-order valence-electron chi connectivity index (χ3n) is 14.7. The summed E-state index contributed by atoms with van der Waals surface area (Å²) in [5, 5.41) is 0. The molecule has 55 heavy (non-hydrogen) atoms. The topological polar surface area (TPSA) is 0 Å². The molecule has 4 aromatic carbocycles. The molecule has 3 heteroatoms. The lowest BCUT2D eigenvalue weighted by atomic mass is 9.68. The Morgan fingerprint density at radius 3 is 1.16 bits per heavy atom. The van der Waals surface area contributed by atoms with E-state index in [0.717, 1.165) is 70.6 Å². The van der Waals surface area contributed by atoms with Crippen LogP contribution in [0.4, 0.5) is 13.2 Å². The van der Waals surface area contributed by atoms with Crippen molar-refractivity contribution >= 4 is 0 Å². The molecule has 0 unspecified atom stereocenters. The number of hydrogen-bond donors (Lipinski definition) is 0. The maximum atomic E-state index is 14.8. The highest BCUT2D eigenvalue weighted by Crippen LogP contribution is 2.46. The minimum absolute atomic E-state index is 0.0697. The van der Waals surface area contributed by atoms with E-state index in [2.05, 4.69) is 39.0 Å². The largest absolute Gasteiger partial charge is 0.206 e. The zero-order valence-corrected chi connectivity index (χ0v) is 34.1. The van der Waals surface area contributed by atoms with Crippen molar-refractivity contribution < 1.29 is 13.2 Å². The van der Waals surface area contributed by atoms with Gasteiger partial charge in [-0.1, -0.05) is 111 Å². The standard InChI is InChI=1S/C26H32F2.C26H33F/c1-17-3-7-19(8-4-17)20-11-13-21(14-12-20)23-15-24(27)26(25(28)16-23)22-9-5-18(2)6-10-22;1-18-3-7-20(8-4-18)21-11-13-22(14-12-21)24-15-16-25(26(27)17-24)23-9-5-19(2)6-10-23/h5-6,9-10,15-17,19-21H,3-4,7-8,11-14H2,1-2H3;5-6,9-10,15-18,20-22H,3-4,7-8,11-14H2,1-2H3. The van der Waals surface area contributed by atoms with Gasteiger partial charge in [0.2, 0.25) is 0 Å². The number of hydrogen-bond acceptors (Lipinski definition) is 0. The van der Waals surface area contributed by atoms with Gasteiger partial charge in [-0.15, -0.1) is 0 Å². The molecule has 4 aromatic rings. The Balaban J connectivity index is 0.000000169. The van der Waals surface area contributed by atoms with E-state index < -0.39 is 11.6 Å². The van der Waals surface area contributed by atoms with Crippen LogP contribution in [0.2, 0.25) is 0 Å². The normalized spacial score (nSPS) is 28.6. The van der Waals surface area contributed by atoms with Crippen molar-refractivity contribution in [2.45, 2.75) is 142 Å². The Labute approximate surface area is 330 Å². The third-order valence-corrected chi connectivity index (χ3v) is 14.7. The lowest BCUT2D eigenvalue weighted by Crippen LogP contribution is -2.24. The first-order valence-electron chi connectivity index (χ1n) is 22.0. The first-order chi connectivity index (χ1) is 26.6. The Kier molecular flexibility index (Phi) is 13.3. The van der Waals surface area contributed by atoms with Crippen LogP contribution in [0.15, 0.2) is 78.9 Å². The van der Waals surface area contributed by atoms with Crippen molar-refractivity contribution in [2.75, 3.05) is 0 Å². The van der Waals surface area contributed by atoms with Gasteiger partial charge in [-0.05, 0) is 179 Å². The van der Waals surface area contributed by atoms with Crippen LogP contribution in [0.5, 0.6) is 0 Å². The molecule has 0 aromatic heterocycles. The highest BCUT2D eigenvalue weighted by molar-refractivity contribution is 5.66. The van der Waals surface area contributed by atoms with Crippen molar-refractivity contribution in [3.05, 3.63) is 119 Å². The van der Waals surface area contributed by atoms with Crippen LogP contribution in [0.1, 0.15) is 151 Å². The van der Waals surface area contributed by atoms with Gasteiger partial charge in [-0.2, -0.15) is 0 Å². The van der Waals surface area contributed by atoms with Crippen LogP contribution in [-0.2, 0) is 0 Å². The summed E-state index contributed by atoms with van der Waals surface area (Å²) in [4.78, 5) is 0. The monoisotopic (exact) mass is 747 g/mol. The maximum absolute atomic E-state index is 14.8. The van der Waals surface area contributed by atoms with E-state index in [-0.39, 0.29) is 11.4 Å². The molecule has 294 valence electrons. The zero-order valence-electron chi connectivity index (χ0n) is 34.1. The Morgan fingerprint density at radius 2 is 0.745 bits per heavy atom. The number of rotatable bonds is 6. The second-order valence-corrected chi connectivity index (χ2v) is 18.6. The SMILES string of the molecule is Cc1ccc(-c2c(F)cc(C3CCC(C4CCC(C)CC4)CC3)cc2F)cc1.Cc1ccc(-c2ccc(C3CCC(C4CCC(C)CC4)CC3)cc2F)cc1. The summed E-state index contributed by atoms with van der Waals surface area (Å²) in [5.41, 5.74) is 6.77. The summed E-state index contributed by atoms with van der Waals surface area (Å²) < 4.78 is 44.4. The van der Waals surface area contributed by atoms with Crippen LogP contribution in [0.3, 0.4) is 0 Å². The van der Waals surface area contributed by atoms with Crippen LogP contribution < -0.4 is 0 Å². The molecule has 0 radical (unpaired) electrons. The summed E-state index contributed by atoms with van der Waals surface area (Å²) >= 11 is 0. The van der Waals surface area contributed by atoms with Gasteiger partial charge in [0.05, 0.1) is 5.56 Å². The summed E-state index contributed by atoms with van der Waals surface area (Å²) in [6.45, 7) is 8.82. The van der Waals surface area contributed by atoms with Crippen LogP contribution >= 0.6 is 0 Å². The lowest BCUT2D eigenvalue weighted by molar-refractivity contribution is 0.165. The van der Waals surface area contributed by atoms with Gasteiger partial charge in [0.15, 0.2) is 0 Å². The summed E-state index contributed by atoms with van der Waals surface area (Å²) in [5.74, 6) is 5.34. The Morgan fingerprint density at radius 1 is 0.382 bits per heavy atom. The second kappa shape index (κ2) is 18.3. The molecule has 0 nitrogen and oxygen atoms in total. The molecule has 0 bridgehead atoms. The molecule has 4 saturated carbocycles. The fraction of sp³-hybridized carbons (Fsp3) is 0.538. The highest BCUT2D eigenvalue weighted by Gasteiger charge is 2.32. The van der Waals surface area contributed by atoms with E-state index in [0.29, 0.717) is 17.4 Å². The number of halogens is 3. The Bertz CT molecular complexity index is 1790. The Hall–Kier alpha value is -3.33. The van der Waals surface area contributed by atoms with Crippen molar-refractivity contribution in [3.63, 3.8) is 0 Å². The smallest absolute Gasteiger partial charge is 0.134 e.